The summed E-state index contributed by atoms with van der Waals surface area (Å²) in [5, 5.41) is 11.1. The fraction of sp³-hybridized carbons (Fsp3) is 0.545. The van der Waals surface area contributed by atoms with Gasteiger partial charge in [-0.3, -0.25) is 0 Å². The van der Waals surface area contributed by atoms with Crippen molar-refractivity contribution in [2.24, 2.45) is 0 Å². The first-order valence-electron chi connectivity index (χ1n) is 4.68. The molecule has 0 saturated heterocycles. The predicted octanol–water partition coefficient (Wildman–Crippen LogP) is 2.95. The first kappa shape index (κ1) is 12.8. The Labute approximate surface area is 85.5 Å². The maximum atomic E-state index is 10.5. The number of carboxylic acid groups (broad SMARTS) is 1. The van der Waals surface area contributed by atoms with E-state index in [0.717, 1.165) is 12.8 Å². The molecule has 0 bridgehead atoms. The Morgan fingerprint density at radius 2 is 2.14 bits per heavy atom. The second kappa shape index (κ2) is 5.47. The molecule has 0 heterocycles. The normalized spacial score (nSPS) is 13.9. The van der Waals surface area contributed by atoms with Crippen molar-refractivity contribution in [1.82, 2.24) is 5.32 Å². The summed E-state index contributed by atoms with van der Waals surface area (Å²) in [6.07, 6.45) is 4.30. The summed E-state index contributed by atoms with van der Waals surface area (Å²) in [6, 6.07) is 0. The molecule has 14 heavy (non-hydrogen) atoms. The van der Waals surface area contributed by atoms with Crippen LogP contribution in [0.2, 0.25) is 0 Å². The first-order chi connectivity index (χ1) is 6.39. The van der Waals surface area contributed by atoms with Crippen LogP contribution in [0.5, 0.6) is 0 Å². The molecule has 0 aliphatic rings. The lowest BCUT2D eigenvalue weighted by Crippen LogP contribution is -2.43. The molecule has 0 aromatic carbocycles. The highest BCUT2D eigenvalue weighted by Gasteiger charge is 2.20. The molecule has 0 fully saturated rings. The highest BCUT2D eigenvalue weighted by molar-refractivity contribution is 5.66. The lowest BCUT2D eigenvalue weighted by Gasteiger charge is -2.24. The predicted molar refractivity (Wildman–Crippen MR) is 58.4 cm³/mol. The van der Waals surface area contributed by atoms with Crippen LogP contribution in [0.15, 0.2) is 24.3 Å². The molecule has 80 valence electrons. The van der Waals surface area contributed by atoms with Crippen LogP contribution >= 0.6 is 0 Å². The van der Waals surface area contributed by atoms with Crippen LogP contribution in [0.4, 0.5) is 4.79 Å². The molecule has 0 spiro atoms. The number of amides is 1. The number of nitrogens with one attached hydrogen (secondary N) is 1. The molecule has 1 unspecified atom stereocenters. The van der Waals surface area contributed by atoms with Crippen LogP contribution in [0.3, 0.4) is 0 Å². The fourth-order valence-electron chi connectivity index (χ4n) is 1.12. The molecule has 1 atom stereocenters. The van der Waals surface area contributed by atoms with E-state index in [1.807, 2.05) is 20.8 Å². The Morgan fingerprint density at radius 3 is 2.50 bits per heavy atom. The molecule has 2 N–H and O–H groups in total. The van der Waals surface area contributed by atoms with Gasteiger partial charge in [-0.15, -0.1) is 6.58 Å². The topological polar surface area (TPSA) is 49.3 Å². The SMILES string of the molecule is C=CC(C)(CCC=C(C)C)NC(=O)O. The van der Waals surface area contributed by atoms with E-state index in [9.17, 15) is 4.79 Å². The van der Waals surface area contributed by atoms with E-state index in [4.69, 9.17) is 5.11 Å². The average molecular weight is 197 g/mol. The number of rotatable bonds is 5. The van der Waals surface area contributed by atoms with Gasteiger partial charge in [-0.25, -0.2) is 4.79 Å². The molecular formula is C11H19NO2. The van der Waals surface area contributed by atoms with Crippen molar-refractivity contribution in [2.75, 3.05) is 0 Å². The third-order valence-corrected chi connectivity index (χ3v) is 2.06. The van der Waals surface area contributed by atoms with Crippen LogP contribution in [0, 0.1) is 0 Å². The van der Waals surface area contributed by atoms with Crippen LogP contribution in [0.25, 0.3) is 0 Å². The highest BCUT2D eigenvalue weighted by Crippen LogP contribution is 2.14. The Bertz CT molecular complexity index is 242. The summed E-state index contributed by atoms with van der Waals surface area (Å²) >= 11 is 0. The Kier molecular flexibility index (Phi) is 4.99. The minimum absolute atomic E-state index is 0.530. The quantitative estimate of drug-likeness (QED) is 0.666. The van der Waals surface area contributed by atoms with Crippen LogP contribution in [-0.4, -0.2) is 16.7 Å². The lowest BCUT2D eigenvalue weighted by atomic mass is 9.95. The Balaban J connectivity index is 4.19. The minimum atomic E-state index is -1.01. The van der Waals surface area contributed by atoms with Crippen molar-refractivity contribution in [3.63, 3.8) is 0 Å². The molecule has 0 aliphatic heterocycles. The third-order valence-electron chi connectivity index (χ3n) is 2.06. The van der Waals surface area contributed by atoms with E-state index >= 15 is 0 Å². The zero-order valence-electron chi connectivity index (χ0n) is 9.13. The molecule has 3 nitrogen and oxygen atoms in total. The number of hydrogen-bond donors (Lipinski definition) is 2. The van der Waals surface area contributed by atoms with Crippen molar-refractivity contribution in [2.45, 2.75) is 39.2 Å². The summed E-state index contributed by atoms with van der Waals surface area (Å²) < 4.78 is 0. The first-order valence-corrected chi connectivity index (χ1v) is 4.68. The second-order valence-corrected chi connectivity index (χ2v) is 3.87. The number of carbonyl (C=O) groups is 1. The highest BCUT2D eigenvalue weighted by atomic mass is 16.4. The second-order valence-electron chi connectivity index (χ2n) is 3.87. The van der Waals surface area contributed by atoms with Gasteiger partial charge in [-0.2, -0.15) is 0 Å². The summed E-state index contributed by atoms with van der Waals surface area (Å²) in [7, 11) is 0. The largest absolute Gasteiger partial charge is 0.465 e. The van der Waals surface area contributed by atoms with Gasteiger partial charge in [0.25, 0.3) is 0 Å². The monoisotopic (exact) mass is 197 g/mol. The van der Waals surface area contributed by atoms with Gasteiger partial charge >= 0.3 is 6.09 Å². The molecule has 0 aliphatic carbocycles. The lowest BCUT2D eigenvalue weighted by molar-refractivity contribution is 0.184. The smallest absolute Gasteiger partial charge is 0.405 e. The molecule has 0 aromatic rings. The van der Waals surface area contributed by atoms with E-state index in [1.165, 1.54) is 5.57 Å². The zero-order valence-corrected chi connectivity index (χ0v) is 9.13. The van der Waals surface area contributed by atoms with Gasteiger partial charge in [0.1, 0.15) is 0 Å². The number of hydrogen-bond acceptors (Lipinski definition) is 1. The standard InChI is InChI=1S/C11H19NO2/c1-5-11(4,12-10(13)14)8-6-7-9(2)3/h5,7,12H,1,6,8H2,2-4H3,(H,13,14). The van der Waals surface area contributed by atoms with E-state index in [1.54, 1.807) is 6.08 Å². The van der Waals surface area contributed by atoms with E-state index in [0.29, 0.717) is 0 Å². The number of allylic oxidation sites excluding steroid dienone is 2. The van der Waals surface area contributed by atoms with Gasteiger partial charge in [0, 0.05) is 0 Å². The van der Waals surface area contributed by atoms with Crippen LogP contribution < -0.4 is 5.32 Å². The van der Waals surface area contributed by atoms with Gasteiger partial charge in [0.2, 0.25) is 0 Å². The van der Waals surface area contributed by atoms with Crippen LogP contribution in [0.1, 0.15) is 33.6 Å². The molecule has 0 saturated carbocycles. The minimum Gasteiger partial charge on any atom is -0.465 e. The van der Waals surface area contributed by atoms with Crippen molar-refractivity contribution in [3.05, 3.63) is 24.3 Å². The fourth-order valence-corrected chi connectivity index (χ4v) is 1.12. The molecule has 0 aromatic heterocycles. The molecule has 1 amide bonds. The average Bonchev–Trinajstić information content (AvgIpc) is 2.02. The van der Waals surface area contributed by atoms with Gasteiger partial charge in [0.05, 0.1) is 5.54 Å². The summed E-state index contributed by atoms with van der Waals surface area (Å²) in [5.74, 6) is 0. The van der Waals surface area contributed by atoms with Crippen molar-refractivity contribution in [1.29, 1.82) is 0 Å². The third kappa shape index (κ3) is 5.41. The molecule has 0 radical (unpaired) electrons. The van der Waals surface area contributed by atoms with Gasteiger partial charge in [-0.05, 0) is 33.6 Å². The summed E-state index contributed by atoms with van der Waals surface area (Å²) in [6.45, 7) is 9.51. The van der Waals surface area contributed by atoms with Crippen molar-refractivity contribution in [3.8, 4) is 0 Å². The Hall–Kier alpha value is -1.25. The molecule has 0 rings (SSSR count). The molecular weight excluding hydrogens is 178 g/mol. The van der Waals surface area contributed by atoms with Gasteiger partial charge < -0.3 is 10.4 Å². The van der Waals surface area contributed by atoms with Gasteiger partial charge in [0.15, 0.2) is 0 Å². The van der Waals surface area contributed by atoms with E-state index in [-0.39, 0.29) is 0 Å². The maximum Gasteiger partial charge on any atom is 0.405 e. The van der Waals surface area contributed by atoms with Crippen molar-refractivity contribution >= 4 is 6.09 Å². The maximum absolute atomic E-state index is 10.5. The molecule has 3 heteroatoms. The summed E-state index contributed by atoms with van der Waals surface area (Å²) in [4.78, 5) is 10.5. The zero-order chi connectivity index (χ0) is 11.2. The summed E-state index contributed by atoms with van der Waals surface area (Å²) in [5.41, 5.74) is 0.712. The van der Waals surface area contributed by atoms with Gasteiger partial charge in [-0.1, -0.05) is 17.7 Å². The van der Waals surface area contributed by atoms with E-state index in [2.05, 4.69) is 18.0 Å². The van der Waals surface area contributed by atoms with Crippen LogP contribution in [-0.2, 0) is 0 Å². The van der Waals surface area contributed by atoms with E-state index < -0.39 is 11.6 Å². The Morgan fingerprint density at radius 1 is 1.57 bits per heavy atom. The van der Waals surface area contributed by atoms with Crippen molar-refractivity contribution < 1.29 is 9.90 Å².